The average Bonchev–Trinajstić information content (AvgIpc) is 3.79. The number of nitrogens with zero attached hydrogens (tertiary/aromatic N) is 6. The molecular weight excluding hydrogens is 576 g/mol. The summed E-state index contributed by atoms with van der Waals surface area (Å²) in [6.45, 7) is 0. The lowest BCUT2D eigenvalue weighted by molar-refractivity contribution is 1.16. The van der Waals surface area contributed by atoms with Crippen LogP contribution in [0.2, 0.25) is 0 Å². The molecule has 6 nitrogen and oxygen atoms in total. The van der Waals surface area contributed by atoms with Crippen LogP contribution in [0.3, 0.4) is 0 Å². The Hall–Kier alpha value is -6.53. The number of benzene rings is 5. The van der Waals surface area contributed by atoms with Gasteiger partial charge < -0.3 is 9.13 Å². The maximum absolute atomic E-state index is 5.27. The van der Waals surface area contributed by atoms with Gasteiger partial charge in [0.2, 0.25) is 0 Å². The van der Waals surface area contributed by atoms with Gasteiger partial charge in [0.15, 0.2) is 0 Å². The first kappa shape index (κ1) is 24.8. The van der Waals surface area contributed by atoms with Crippen LogP contribution in [0.25, 0.3) is 93.5 Å². The molecule has 11 aromatic rings. The van der Waals surface area contributed by atoms with Gasteiger partial charge >= 0.3 is 0 Å². The summed E-state index contributed by atoms with van der Waals surface area (Å²) < 4.78 is 7.02. The zero-order chi connectivity index (χ0) is 30.6. The van der Waals surface area contributed by atoms with E-state index in [1.165, 1.54) is 32.6 Å². The van der Waals surface area contributed by atoms with Gasteiger partial charge in [-0.15, -0.1) is 0 Å². The molecule has 0 radical (unpaired) electrons. The minimum atomic E-state index is 0.910. The summed E-state index contributed by atoms with van der Waals surface area (Å²) in [6.07, 6.45) is 5.60. The quantitative estimate of drug-likeness (QED) is 0.186. The Bertz CT molecular complexity index is 3060. The van der Waals surface area contributed by atoms with Gasteiger partial charge in [-0.2, -0.15) is 0 Å². The number of hydrogen-bond donors (Lipinski definition) is 0. The maximum Gasteiger partial charge on any atom is 0.147 e. The number of aromatic nitrogens is 6. The van der Waals surface area contributed by atoms with E-state index in [0.29, 0.717) is 0 Å². The first-order valence-electron chi connectivity index (χ1n) is 15.8. The minimum Gasteiger partial charge on any atom is -0.309 e. The number of para-hydroxylation sites is 3. The van der Waals surface area contributed by atoms with Gasteiger partial charge in [-0.05, 0) is 72.8 Å². The highest BCUT2D eigenvalue weighted by Gasteiger charge is 2.23. The highest BCUT2D eigenvalue weighted by atomic mass is 15.0. The van der Waals surface area contributed by atoms with E-state index in [9.17, 15) is 0 Å². The van der Waals surface area contributed by atoms with Crippen molar-refractivity contribution >= 4 is 82.1 Å². The molecule has 5 aromatic carbocycles. The monoisotopic (exact) mass is 600 g/mol. The Balaban J connectivity index is 1.43. The topological polar surface area (TPSA) is 52.9 Å². The SMILES string of the molecule is c1ccc(-n2c3ccccc3c3cc4c5c6c(ccc5n(-c5ccccc5)c4cc32)c2ncccc2n2c3cnccc3nc62)cc1. The molecule has 11 rings (SSSR count). The van der Waals surface area contributed by atoms with Crippen molar-refractivity contribution in [3.8, 4) is 11.4 Å². The number of pyridine rings is 3. The highest BCUT2D eigenvalue weighted by molar-refractivity contribution is 6.31. The molecule has 218 valence electrons. The number of imidazole rings is 1. The third-order valence-corrected chi connectivity index (χ3v) is 9.72. The lowest BCUT2D eigenvalue weighted by Crippen LogP contribution is -1.96. The van der Waals surface area contributed by atoms with Gasteiger partial charge in [0, 0.05) is 56.1 Å². The summed E-state index contributed by atoms with van der Waals surface area (Å²) in [5.74, 6) is 0. The molecule has 0 aliphatic carbocycles. The van der Waals surface area contributed by atoms with E-state index < -0.39 is 0 Å². The van der Waals surface area contributed by atoms with Crippen molar-refractivity contribution in [2.75, 3.05) is 0 Å². The molecule has 47 heavy (non-hydrogen) atoms. The van der Waals surface area contributed by atoms with Gasteiger partial charge in [0.05, 0.1) is 50.3 Å². The first-order chi connectivity index (χ1) is 23.3. The van der Waals surface area contributed by atoms with E-state index in [1.807, 2.05) is 30.7 Å². The van der Waals surface area contributed by atoms with Crippen LogP contribution in [0.5, 0.6) is 0 Å². The molecule has 0 aliphatic rings. The molecule has 0 unspecified atom stereocenters. The zero-order valence-electron chi connectivity index (χ0n) is 25.0. The summed E-state index contributed by atoms with van der Waals surface area (Å²) in [7, 11) is 0. The van der Waals surface area contributed by atoms with E-state index in [2.05, 4.69) is 134 Å². The third-order valence-electron chi connectivity index (χ3n) is 9.72. The lowest BCUT2D eigenvalue weighted by Gasteiger charge is -2.11. The minimum absolute atomic E-state index is 0.910. The van der Waals surface area contributed by atoms with Crippen molar-refractivity contribution < 1.29 is 0 Å². The molecule has 0 amide bonds. The number of fused-ring (bicyclic) bond motifs is 15. The van der Waals surface area contributed by atoms with Gasteiger partial charge in [0.25, 0.3) is 0 Å². The molecule has 0 atom stereocenters. The molecule has 6 heteroatoms. The zero-order valence-corrected chi connectivity index (χ0v) is 25.0. The average molecular weight is 601 g/mol. The Morgan fingerprint density at radius 2 is 1.17 bits per heavy atom. The van der Waals surface area contributed by atoms with Crippen LogP contribution in [0.4, 0.5) is 0 Å². The Morgan fingerprint density at radius 1 is 0.447 bits per heavy atom. The van der Waals surface area contributed by atoms with Gasteiger partial charge in [-0.1, -0.05) is 54.6 Å². The largest absolute Gasteiger partial charge is 0.309 e. The van der Waals surface area contributed by atoms with Gasteiger partial charge in [-0.3, -0.25) is 14.4 Å². The summed E-state index contributed by atoms with van der Waals surface area (Å²) in [5.41, 5.74) is 11.6. The first-order valence-corrected chi connectivity index (χ1v) is 15.8. The van der Waals surface area contributed by atoms with Crippen molar-refractivity contribution in [1.82, 2.24) is 28.5 Å². The van der Waals surface area contributed by atoms with Crippen molar-refractivity contribution in [2.24, 2.45) is 0 Å². The fourth-order valence-electron chi connectivity index (χ4n) is 7.83. The van der Waals surface area contributed by atoms with Gasteiger partial charge in [-0.25, -0.2) is 4.98 Å². The Kier molecular flexibility index (Phi) is 4.75. The van der Waals surface area contributed by atoms with E-state index in [4.69, 9.17) is 9.97 Å². The van der Waals surface area contributed by atoms with Crippen LogP contribution in [-0.4, -0.2) is 28.5 Å². The summed E-state index contributed by atoms with van der Waals surface area (Å²) >= 11 is 0. The molecular formula is C41H24N6. The third kappa shape index (κ3) is 3.21. The Morgan fingerprint density at radius 3 is 2.00 bits per heavy atom. The highest BCUT2D eigenvalue weighted by Crippen LogP contribution is 2.44. The van der Waals surface area contributed by atoms with Crippen molar-refractivity contribution in [3.05, 3.63) is 146 Å². The van der Waals surface area contributed by atoms with Crippen LogP contribution in [-0.2, 0) is 0 Å². The summed E-state index contributed by atoms with van der Waals surface area (Å²) in [4.78, 5) is 14.7. The molecule has 0 bridgehead atoms. The summed E-state index contributed by atoms with van der Waals surface area (Å²) in [5, 5.41) is 6.97. The predicted molar refractivity (Wildman–Crippen MR) is 192 cm³/mol. The molecule has 6 heterocycles. The fraction of sp³-hybridized carbons (Fsp3) is 0. The van der Waals surface area contributed by atoms with Crippen LogP contribution < -0.4 is 0 Å². The second-order valence-corrected chi connectivity index (χ2v) is 12.1. The van der Waals surface area contributed by atoms with Crippen LogP contribution in [0, 0.1) is 0 Å². The fourth-order valence-corrected chi connectivity index (χ4v) is 7.83. The molecule has 0 fully saturated rings. The standard InChI is InChI=1S/C41H24N6/c1-3-10-25(11-4-1)45-32-15-8-7-14-27(32)29-22-30-36(23-35(29)45)46(26-12-5-2-6-13-26)33-18-17-28-39(38(30)33)41-44-31-19-21-42-24-37(31)47(41)34-16-9-20-43-40(28)34/h1-24H. The van der Waals surface area contributed by atoms with Crippen LogP contribution in [0.1, 0.15) is 0 Å². The normalized spacial score (nSPS) is 12.3. The second-order valence-electron chi connectivity index (χ2n) is 12.1. The molecule has 0 saturated carbocycles. The van der Waals surface area contributed by atoms with E-state index in [0.717, 1.165) is 60.9 Å². The summed E-state index contributed by atoms with van der Waals surface area (Å²) in [6, 6.07) is 45.4. The van der Waals surface area contributed by atoms with Gasteiger partial charge in [0.1, 0.15) is 5.65 Å². The van der Waals surface area contributed by atoms with Crippen molar-refractivity contribution in [2.45, 2.75) is 0 Å². The maximum atomic E-state index is 5.27. The molecule has 0 N–H and O–H groups in total. The number of hydrogen-bond acceptors (Lipinski definition) is 3. The molecule has 6 aromatic heterocycles. The molecule has 0 aliphatic heterocycles. The predicted octanol–water partition coefficient (Wildman–Crippen LogP) is 9.78. The molecule has 0 saturated heterocycles. The smallest absolute Gasteiger partial charge is 0.147 e. The molecule has 0 spiro atoms. The Labute approximate surface area is 267 Å². The van der Waals surface area contributed by atoms with E-state index >= 15 is 0 Å². The number of rotatable bonds is 2. The lowest BCUT2D eigenvalue weighted by atomic mass is 10.0. The van der Waals surface area contributed by atoms with Crippen LogP contribution in [0.15, 0.2) is 146 Å². The second kappa shape index (κ2) is 9.02. The van der Waals surface area contributed by atoms with E-state index in [-0.39, 0.29) is 0 Å². The van der Waals surface area contributed by atoms with Crippen molar-refractivity contribution in [3.63, 3.8) is 0 Å². The van der Waals surface area contributed by atoms with E-state index in [1.54, 1.807) is 0 Å². The van der Waals surface area contributed by atoms with Crippen LogP contribution >= 0.6 is 0 Å². The van der Waals surface area contributed by atoms with Crippen molar-refractivity contribution in [1.29, 1.82) is 0 Å².